The Morgan fingerprint density at radius 3 is 2.40 bits per heavy atom. The van der Waals surface area contributed by atoms with Gasteiger partial charge in [-0.2, -0.15) is 0 Å². The van der Waals surface area contributed by atoms with Gasteiger partial charge in [0.1, 0.15) is 5.75 Å². The summed E-state index contributed by atoms with van der Waals surface area (Å²) in [5.74, 6) is 0.0122. The molecule has 140 valence electrons. The molecule has 1 aliphatic carbocycles. The van der Waals surface area contributed by atoms with Crippen molar-refractivity contribution in [3.05, 3.63) is 23.8 Å². The van der Waals surface area contributed by atoms with Gasteiger partial charge in [0, 0.05) is 12.6 Å². The molecule has 0 saturated heterocycles. The number of sulfonamides is 1. The lowest BCUT2D eigenvalue weighted by Crippen LogP contribution is -2.35. The van der Waals surface area contributed by atoms with Crippen molar-refractivity contribution >= 4 is 15.9 Å². The molecule has 1 amide bonds. The van der Waals surface area contributed by atoms with E-state index in [1.54, 1.807) is 6.92 Å². The summed E-state index contributed by atoms with van der Waals surface area (Å²) >= 11 is 0. The minimum atomic E-state index is -3.67. The van der Waals surface area contributed by atoms with E-state index in [4.69, 9.17) is 4.74 Å². The molecule has 25 heavy (non-hydrogen) atoms. The highest BCUT2D eigenvalue weighted by Crippen LogP contribution is 2.24. The molecule has 0 spiro atoms. The van der Waals surface area contributed by atoms with Gasteiger partial charge in [0.2, 0.25) is 10.0 Å². The maximum absolute atomic E-state index is 12.7. The first-order chi connectivity index (χ1) is 12.0. The van der Waals surface area contributed by atoms with Gasteiger partial charge in [0.15, 0.2) is 0 Å². The molecule has 1 saturated carbocycles. The third-order valence-electron chi connectivity index (χ3n) is 4.49. The predicted octanol–water partition coefficient (Wildman–Crippen LogP) is 2.84. The molecule has 0 atom stereocenters. The Balaban J connectivity index is 2.22. The quantitative estimate of drug-likeness (QED) is 0.809. The molecule has 0 unspecified atom stereocenters. The zero-order chi connectivity index (χ0) is 18.3. The largest absolute Gasteiger partial charge is 0.496 e. The minimum absolute atomic E-state index is 0.0414. The van der Waals surface area contributed by atoms with Crippen LogP contribution < -0.4 is 14.8 Å². The van der Waals surface area contributed by atoms with Gasteiger partial charge in [-0.25, -0.2) is 13.1 Å². The van der Waals surface area contributed by atoms with E-state index >= 15 is 0 Å². The van der Waals surface area contributed by atoms with Crippen molar-refractivity contribution in [3.63, 3.8) is 0 Å². The Morgan fingerprint density at radius 2 is 1.80 bits per heavy atom. The Labute approximate surface area is 150 Å². The highest BCUT2D eigenvalue weighted by Gasteiger charge is 2.23. The Bertz CT molecular complexity index is 680. The van der Waals surface area contributed by atoms with Crippen LogP contribution in [0, 0.1) is 0 Å². The first-order valence-electron chi connectivity index (χ1n) is 8.96. The number of ether oxygens (including phenoxy) is 1. The summed E-state index contributed by atoms with van der Waals surface area (Å²) in [6.45, 7) is 2.26. The number of carbonyl (C=O) groups is 1. The van der Waals surface area contributed by atoms with Gasteiger partial charge in [-0.3, -0.25) is 4.79 Å². The zero-order valence-corrected chi connectivity index (χ0v) is 15.8. The molecule has 2 N–H and O–H groups in total. The van der Waals surface area contributed by atoms with Crippen LogP contribution in [0.2, 0.25) is 0 Å². The molecular formula is C18H28N2O4S. The molecule has 7 heteroatoms. The van der Waals surface area contributed by atoms with Crippen LogP contribution in [0.25, 0.3) is 0 Å². The molecule has 1 aromatic rings. The van der Waals surface area contributed by atoms with E-state index in [1.165, 1.54) is 31.7 Å². The van der Waals surface area contributed by atoms with Crippen molar-refractivity contribution in [1.82, 2.24) is 10.0 Å². The first kappa shape index (κ1) is 19.7. The number of rotatable bonds is 6. The normalized spacial score (nSPS) is 16.7. The minimum Gasteiger partial charge on any atom is -0.496 e. The fraction of sp³-hybridized carbons (Fsp3) is 0.611. The standard InChI is InChI=1S/C18H28N2O4S/c1-3-19-18(21)16-13-15(11-12-17(16)24-2)25(22,23)20-14-9-7-5-4-6-8-10-14/h11-14,20H,3-10H2,1-2H3,(H,19,21). The van der Waals surface area contributed by atoms with Crippen LogP contribution in [0.1, 0.15) is 62.2 Å². The first-order valence-corrected chi connectivity index (χ1v) is 10.4. The topological polar surface area (TPSA) is 84.5 Å². The van der Waals surface area contributed by atoms with Crippen molar-refractivity contribution in [2.45, 2.75) is 62.8 Å². The van der Waals surface area contributed by atoms with E-state index in [9.17, 15) is 13.2 Å². The average molecular weight is 368 g/mol. The van der Waals surface area contributed by atoms with E-state index in [-0.39, 0.29) is 22.4 Å². The van der Waals surface area contributed by atoms with E-state index in [0.717, 1.165) is 38.5 Å². The number of benzene rings is 1. The number of amides is 1. The van der Waals surface area contributed by atoms with E-state index in [1.807, 2.05) is 0 Å². The number of hydrogen-bond acceptors (Lipinski definition) is 4. The lowest BCUT2D eigenvalue weighted by atomic mass is 9.97. The maximum Gasteiger partial charge on any atom is 0.255 e. The summed E-state index contributed by atoms with van der Waals surface area (Å²) in [5, 5.41) is 2.68. The van der Waals surface area contributed by atoms with Crippen LogP contribution in [-0.4, -0.2) is 34.0 Å². The van der Waals surface area contributed by atoms with Crippen LogP contribution in [-0.2, 0) is 10.0 Å². The van der Waals surface area contributed by atoms with Crippen LogP contribution in [0.15, 0.2) is 23.1 Å². The SMILES string of the molecule is CCNC(=O)c1cc(S(=O)(=O)NC2CCCCCCC2)ccc1OC. The van der Waals surface area contributed by atoms with Crippen LogP contribution in [0.5, 0.6) is 5.75 Å². The smallest absolute Gasteiger partial charge is 0.255 e. The Morgan fingerprint density at radius 1 is 1.16 bits per heavy atom. The second kappa shape index (κ2) is 9.20. The molecular weight excluding hydrogens is 340 g/mol. The summed E-state index contributed by atoms with van der Waals surface area (Å²) in [5.41, 5.74) is 0.227. The zero-order valence-electron chi connectivity index (χ0n) is 15.0. The fourth-order valence-corrected chi connectivity index (χ4v) is 4.48. The second-order valence-electron chi connectivity index (χ2n) is 6.38. The lowest BCUT2D eigenvalue weighted by molar-refractivity contribution is 0.0952. The molecule has 0 aliphatic heterocycles. The van der Waals surface area contributed by atoms with Gasteiger partial charge < -0.3 is 10.1 Å². The average Bonchev–Trinajstić information content (AvgIpc) is 2.56. The van der Waals surface area contributed by atoms with Crippen molar-refractivity contribution in [1.29, 1.82) is 0 Å². The molecule has 0 aromatic heterocycles. The highest BCUT2D eigenvalue weighted by molar-refractivity contribution is 7.89. The fourth-order valence-electron chi connectivity index (χ4n) is 3.15. The van der Waals surface area contributed by atoms with E-state index in [2.05, 4.69) is 10.0 Å². The van der Waals surface area contributed by atoms with Crippen molar-refractivity contribution < 1.29 is 17.9 Å². The molecule has 0 bridgehead atoms. The molecule has 6 nitrogen and oxygen atoms in total. The van der Waals surface area contributed by atoms with Gasteiger partial charge in [0.25, 0.3) is 5.91 Å². The molecule has 0 heterocycles. The molecule has 1 aromatic carbocycles. The van der Waals surface area contributed by atoms with Crippen LogP contribution in [0.3, 0.4) is 0 Å². The second-order valence-corrected chi connectivity index (χ2v) is 8.10. The summed E-state index contributed by atoms with van der Waals surface area (Å²) in [7, 11) is -2.21. The number of carbonyl (C=O) groups excluding carboxylic acids is 1. The Kier molecular flexibility index (Phi) is 7.25. The van der Waals surface area contributed by atoms with Crippen LogP contribution >= 0.6 is 0 Å². The van der Waals surface area contributed by atoms with Gasteiger partial charge in [-0.1, -0.05) is 32.1 Å². The molecule has 1 aliphatic rings. The summed E-state index contributed by atoms with van der Waals surface area (Å²) in [4.78, 5) is 12.3. The van der Waals surface area contributed by atoms with Crippen molar-refractivity contribution in [3.8, 4) is 5.75 Å². The van der Waals surface area contributed by atoms with Crippen molar-refractivity contribution in [2.24, 2.45) is 0 Å². The van der Waals surface area contributed by atoms with Gasteiger partial charge in [-0.05, 0) is 38.0 Å². The molecule has 0 radical (unpaired) electrons. The predicted molar refractivity (Wildman–Crippen MR) is 97.4 cm³/mol. The number of hydrogen-bond donors (Lipinski definition) is 2. The third-order valence-corrected chi connectivity index (χ3v) is 6.01. The van der Waals surface area contributed by atoms with Gasteiger partial charge in [-0.15, -0.1) is 0 Å². The summed E-state index contributed by atoms with van der Waals surface area (Å²) in [6, 6.07) is 4.35. The van der Waals surface area contributed by atoms with Crippen LogP contribution in [0.4, 0.5) is 0 Å². The van der Waals surface area contributed by atoms with Gasteiger partial charge in [0.05, 0.1) is 17.6 Å². The lowest BCUT2D eigenvalue weighted by Gasteiger charge is -2.21. The maximum atomic E-state index is 12.7. The number of methoxy groups -OCH3 is 1. The van der Waals surface area contributed by atoms with Gasteiger partial charge >= 0.3 is 0 Å². The van der Waals surface area contributed by atoms with E-state index < -0.39 is 10.0 Å². The monoisotopic (exact) mass is 368 g/mol. The number of nitrogens with one attached hydrogen (secondary N) is 2. The van der Waals surface area contributed by atoms with Crippen molar-refractivity contribution in [2.75, 3.05) is 13.7 Å². The highest BCUT2D eigenvalue weighted by atomic mass is 32.2. The Hall–Kier alpha value is -1.60. The summed E-state index contributed by atoms with van der Waals surface area (Å²) in [6.07, 6.45) is 7.34. The third kappa shape index (κ3) is 5.44. The molecule has 1 fully saturated rings. The summed E-state index contributed by atoms with van der Waals surface area (Å²) < 4.78 is 33.5. The van der Waals surface area contributed by atoms with E-state index in [0.29, 0.717) is 12.3 Å². The molecule has 2 rings (SSSR count).